The van der Waals surface area contributed by atoms with Gasteiger partial charge in [0, 0.05) is 161 Å². The van der Waals surface area contributed by atoms with E-state index in [4.69, 9.17) is 58.6 Å². The monoisotopic (exact) mass is 1740 g/mol. The number of Topliss-reactive ketones (excluding diaryl/α,β-unsaturated/α-hetero) is 1. The topological polar surface area (TPSA) is 343 Å². The molecule has 12 rings (SSSR count). The zero-order chi connectivity index (χ0) is 85.4. The Kier molecular flexibility index (Phi) is 34.8. The van der Waals surface area contributed by atoms with Crippen LogP contribution in [-0.4, -0.2) is 313 Å². The molecular formula is C88H132N16O13S3Si. The average molecular weight is 1750 g/mol. The van der Waals surface area contributed by atoms with Crippen molar-refractivity contribution in [2.24, 2.45) is 37.5 Å². The van der Waals surface area contributed by atoms with Crippen LogP contribution in [0.5, 0.6) is 0 Å². The van der Waals surface area contributed by atoms with Crippen LogP contribution in [0, 0.1) is 11.8 Å². The number of rotatable bonds is 34. The maximum Gasteiger partial charge on any atom is 0.405 e. The van der Waals surface area contributed by atoms with Gasteiger partial charge in [0.15, 0.2) is 29.9 Å². The summed E-state index contributed by atoms with van der Waals surface area (Å²) in [5.74, 6) is 7.70. The van der Waals surface area contributed by atoms with Gasteiger partial charge in [0.05, 0.1) is 87.4 Å². The number of ether oxygens (including phenoxy) is 6. The number of nitrogens with one attached hydrogen (secondary N) is 7. The molecule has 4 saturated heterocycles. The number of amides is 3. The molecule has 0 saturated carbocycles. The number of carbonyl (C=O) groups is 5. The smallest absolute Gasteiger partial charge is 0.405 e. The number of aliphatic hydroxyl groups excluding tert-OH is 1. The minimum Gasteiger partial charge on any atom is -0.439 e. The van der Waals surface area contributed by atoms with E-state index in [1.165, 1.54) is 30.7 Å². The van der Waals surface area contributed by atoms with Gasteiger partial charge in [0.2, 0.25) is 17.5 Å². The molecule has 9 aliphatic heterocycles. The largest absolute Gasteiger partial charge is 0.439 e. The van der Waals surface area contributed by atoms with Gasteiger partial charge in [0.1, 0.15) is 12.8 Å². The Morgan fingerprint density at radius 2 is 1.11 bits per heavy atom. The van der Waals surface area contributed by atoms with Crippen molar-refractivity contribution in [3.05, 3.63) is 119 Å². The fourth-order valence-corrected chi connectivity index (χ4v) is 25.7. The fraction of sp³-hybridized carbons (Fsp3) is 0.648. The molecule has 1 aliphatic carbocycles. The summed E-state index contributed by atoms with van der Waals surface area (Å²) in [5.41, 5.74) is 6.20. The number of nitrogens with zero attached hydrogens (tertiary/aromatic N) is 8. The number of hydrogen-bond acceptors (Lipinski definition) is 29. The summed E-state index contributed by atoms with van der Waals surface area (Å²) in [6.07, 6.45) is 12.0. The van der Waals surface area contributed by atoms with Crippen molar-refractivity contribution in [1.82, 2.24) is 56.8 Å². The summed E-state index contributed by atoms with van der Waals surface area (Å²) in [6.45, 7) is 24.3. The quantitative estimate of drug-likeness (QED) is 0.0131. The molecule has 2 bridgehead atoms. The van der Waals surface area contributed by atoms with E-state index in [9.17, 15) is 29.1 Å². The summed E-state index contributed by atoms with van der Waals surface area (Å²) in [7, 11) is 0.264. The first-order chi connectivity index (χ1) is 58.5. The zero-order valence-corrected chi connectivity index (χ0v) is 75.8. The van der Waals surface area contributed by atoms with E-state index >= 15 is 0 Å². The molecule has 0 spiro atoms. The fourth-order valence-electron chi connectivity index (χ4n) is 17.5. The molecule has 121 heavy (non-hydrogen) atoms. The maximum absolute atomic E-state index is 14.2. The number of benzene rings is 2. The molecule has 10 N–H and O–H groups in total. The lowest BCUT2D eigenvalue weighted by atomic mass is 9.85. The van der Waals surface area contributed by atoms with Crippen LogP contribution in [0.1, 0.15) is 119 Å². The standard InChI is InChI=1S/C88H132N16O13S3Si/c1-58-45-72-78(74(105)48-73(80(72)108)100-82(109)59(2)17-16-22-75(111-8)81(117-83(89)110)61(4)47-60(3)79(107)76(46-58)112-9)91-57-115-44-43-114-42-41-113-40-31-77(106)90-49-62-23-32-101-34-25-64(94-84(101)92-62)51-118-53-66-27-36-103-38-29-68(98-86(103)96-66)55-120-56-69-30-39-104-37-28-67(97-87(104)99-69)54-119-52-65-26-35-102-33-24-63(93-85(102)95-65)50-116-121(88(5,6)7,70-18-12-10-13-19-70)71-20-14-11-15-21-71/h10-22,47-48,58,60,62-69,75-76,79,81,91,107H,23-46,49-57H2,1-9H3,(H2,89,110)(H,90,106)(H,92,94)(H,93,95)(H,96,98)(H,97,99)(H,100,109)/b22-16-,59-17+,61-47+/t58-,60+,62-,63-,64-,65-,66-,67-,68-,69-,75+,76+,79-,81+/m1/s1. The highest BCUT2D eigenvalue weighted by molar-refractivity contribution is 7.99. The van der Waals surface area contributed by atoms with Crippen molar-refractivity contribution in [3.8, 4) is 0 Å². The molecule has 9 heterocycles. The number of fused-ring (bicyclic) bond motifs is 6. The number of thioether (sulfide) groups is 3. The van der Waals surface area contributed by atoms with E-state index in [0.29, 0.717) is 48.9 Å². The lowest BCUT2D eigenvalue weighted by Crippen LogP contribution is -2.67. The van der Waals surface area contributed by atoms with Crippen LogP contribution in [0.25, 0.3) is 0 Å². The predicted molar refractivity (Wildman–Crippen MR) is 484 cm³/mol. The van der Waals surface area contributed by atoms with Gasteiger partial charge in [-0.2, -0.15) is 35.3 Å². The van der Waals surface area contributed by atoms with Gasteiger partial charge in [-0.3, -0.25) is 19.2 Å². The first kappa shape index (κ1) is 92.7. The minimum atomic E-state index is -2.65. The molecule has 0 radical (unpaired) electrons. The number of methoxy groups -OCH3 is 2. The van der Waals surface area contributed by atoms with E-state index in [1.807, 2.05) is 42.2 Å². The average Bonchev–Trinajstić information content (AvgIpc) is 0.753. The number of aliphatic hydroxyl groups is 1. The SMILES string of the molecule is CO[C@H]1/C=C\C=C(/C)C(=O)NC2=CC(=O)C(NCOCCOCCOCCC(=O)NC[C@H]3CCN4CC[C@H](CSC[C@H]5CCN6CC[C@H](CSC[C@H]7CCN8CC[C@H](CSC[C@H]9CCN%10CC[C@H](CO[Si](c%11ccccc%11)(c%11ccccc%11)C(C)(C)C)N=C%10N9)N=C8N7)N=C6N5)N=C4N3)=C(C[C@@H](C)C[C@H](OC)[C@H](O)[C@@H](C)/C=C(\C)[C@@H]1OC(N)=O)C2=O. The molecule has 33 heteroatoms. The second-order valence-corrected chi connectivity index (χ2v) is 42.1. The van der Waals surface area contributed by atoms with Crippen LogP contribution in [-0.2, 0) is 52.0 Å². The number of nitrogens with two attached hydrogens (primary N) is 1. The Morgan fingerprint density at radius 3 is 1.61 bits per heavy atom. The number of carbonyl (C=O) groups excluding carboxylic acids is 5. The molecule has 29 nitrogen and oxygen atoms in total. The van der Waals surface area contributed by atoms with Crippen molar-refractivity contribution in [3.63, 3.8) is 0 Å². The van der Waals surface area contributed by atoms with Crippen LogP contribution in [0.4, 0.5) is 4.79 Å². The van der Waals surface area contributed by atoms with Crippen LogP contribution in [0.3, 0.4) is 0 Å². The molecular weight excluding hydrogens is 1610 g/mol. The summed E-state index contributed by atoms with van der Waals surface area (Å²) in [6, 6.07) is 24.1. The van der Waals surface area contributed by atoms with E-state index in [1.54, 1.807) is 39.0 Å². The highest BCUT2D eigenvalue weighted by Gasteiger charge is 2.51. The Balaban J connectivity index is 0.501. The van der Waals surface area contributed by atoms with Crippen LogP contribution < -0.4 is 53.3 Å². The van der Waals surface area contributed by atoms with Gasteiger partial charge in [-0.1, -0.05) is 120 Å². The molecule has 3 amide bonds. The number of guanidine groups is 4. The van der Waals surface area contributed by atoms with E-state index in [-0.39, 0.29) is 117 Å². The van der Waals surface area contributed by atoms with Gasteiger partial charge in [-0.05, 0) is 105 Å². The van der Waals surface area contributed by atoms with Crippen molar-refractivity contribution in [1.29, 1.82) is 0 Å². The summed E-state index contributed by atoms with van der Waals surface area (Å²) < 4.78 is 41.5. The third-order valence-electron chi connectivity index (χ3n) is 24.4. The molecule has 4 fully saturated rings. The molecule has 664 valence electrons. The lowest BCUT2D eigenvalue weighted by Gasteiger charge is -2.44. The van der Waals surface area contributed by atoms with Crippen molar-refractivity contribution >= 4 is 107 Å². The highest BCUT2D eigenvalue weighted by atomic mass is 32.2. The van der Waals surface area contributed by atoms with Crippen molar-refractivity contribution in [2.45, 2.75) is 197 Å². The Hall–Kier alpha value is -7.44. The predicted octanol–water partition coefficient (Wildman–Crippen LogP) is 5.81. The summed E-state index contributed by atoms with van der Waals surface area (Å²) in [5, 5.41) is 38.0. The number of hydrogen-bond donors (Lipinski definition) is 9. The molecule has 0 unspecified atom stereocenters. The molecule has 2 aromatic rings. The third kappa shape index (κ3) is 25.9. The summed E-state index contributed by atoms with van der Waals surface area (Å²) in [4.78, 5) is 97.2. The van der Waals surface area contributed by atoms with Crippen LogP contribution in [0.15, 0.2) is 139 Å². The number of allylic oxidation sites excluding steroid dienone is 4. The minimum absolute atomic E-state index is 0.0348. The second-order valence-electron chi connectivity index (χ2n) is 34.6. The number of ketones is 2. The highest BCUT2D eigenvalue weighted by Crippen LogP contribution is 2.38. The summed E-state index contributed by atoms with van der Waals surface area (Å²) >= 11 is 6.06. The molecule has 14 atom stereocenters. The van der Waals surface area contributed by atoms with Gasteiger partial charge in [0.25, 0.3) is 14.2 Å². The molecule has 0 aromatic heterocycles. The first-order valence-electron chi connectivity index (χ1n) is 43.7. The van der Waals surface area contributed by atoms with Crippen molar-refractivity contribution < 1.29 is 61.9 Å². The van der Waals surface area contributed by atoms with Crippen LogP contribution >= 0.6 is 35.3 Å². The third-order valence-corrected chi connectivity index (χ3v) is 33.2. The second kappa shape index (κ2) is 45.4. The van der Waals surface area contributed by atoms with Crippen molar-refractivity contribution in [2.75, 3.05) is 154 Å². The van der Waals surface area contributed by atoms with E-state index in [2.05, 4.69) is 138 Å². The number of aliphatic imine (C=N–C) groups is 4. The van der Waals surface area contributed by atoms with Gasteiger partial charge in [-0.15, -0.1) is 0 Å². The zero-order valence-electron chi connectivity index (χ0n) is 72.3. The normalized spacial score (nSPS) is 28.8. The first-order valence-corrected chi connectivity index (χ1v) is 49.1. The maximum atomic E-state index is 14.2. The van der Waals surface area contributed by atoms with Gasteiger partial charge >= 0.3 is 6.09 Å². The van der Waals surface area contributed by atoms with Crippen LogP contribution in [0.2, 0.25) is 5.04 Å². The van der Waals surface area contributed by atoms with Gasteiger partial charge < -0.3 is 101 Å². The Morgan fingerprint density at radius 1 is 0.628 bits per heavy atom. The number of primary amides is 1. The molecule has 2 aromatic carbocycles. The Labute approximate surface area is 729 Å². The van der Waals surface area contributed by atoms with E-state index < -0.39 is 62.2 Å². The van der Waals surface area contributed by atoms with E-state index in [0.717, 1.165) is 168 Å². The van der Waals surface area contributed by atoms with Gasteiger partial charge in [-0.25, -0.2) is 24.8 Å². The Bertz CT molecular complexity index is 4060. The molecule has 10 aliphatic rings. The lowest BCUT2D eigenvalue weighted by molar-refractivity contribution is -0.122.